The quantitative estimate of drug-likeness (QED) is 0.685. The maximum absolute atomic E-state index is 11.4. The molecule has 1 unspecified atom stereocenters. The van der Waals surface area contributed by atoms with E-state index in [-0.39, 0.29) is 0 Å². The second-order valence-electron chi connectivity index (χ2n) is 6.56. The number of primary amides is 1. The number of nitrogens with two attached hydrogens (primary N) is 1. The molecular formula is C20H22N4O. The molecule has 25 heavy (non-hydrogen) atoms. The summed E-state index contributed by atoms with van der Waals surface area (Å²) in [6.07, 6.45) is 1.01. The second-order valence-corrected chi connectivity index (χ2v) is 6.56. The van der Waals surface area contributed by atoms with Crippen molar-refractivity contribution >= 4 is 22.5 Å². The average Bonchev–Trinajstić information content (AvgIpc) is 3.07. The third-order valence-electron chi connectivity index (χ3n) is 4.87. The van der Waals surface area contributed by atoms with Crippen LogP contribution in [0.5, 0.6) is 0 Å². The molecule has 0 radical (unpaired) electrons. The molecule has 4 rings (SSSR count). The van der Waals surface area contributed by atoms with Crippen LogP contribution in [0.3, 0.4) is 0 Å². The molecular weight excluding hydrogens is 312 g/mol. The van der Waals surface area contributed by atoms with E-state index in [0.717, 1.165) is 37.0 Å². The first kappa shape index (κ1) is 15.7. The van der Waals surface area contributed by atoms with Gasteiger partial charge in [-0.2, -0.15) is 0 Å². The number of benzene rings is 2. The van der Waals surface area contributed by atoms with Gasteiger partial charge in [0.15, 0.2) is 0 Å². The number of aromatic amines is 1. The standard InChI is InChI=1S/C20H22N4O/c21-20(25)19-12-15-11-16(6-7-18(15)23-19)24-9-8-22-13-17(24)10-14-4-2-1-3-5-14/h1-7,11-12,17,22-23H,8-10,13H2,(H2,21,25). The van der Waals surface area contributed by atoms with Gasteiger partial charge in [-0.05, 0) is 36.2 Å². The molecule has 1 saturated heterocycles. The summed E-state index contributed by atoms with van der Waals surface area (Å²) in [5.41, 5.74) is 9.30. The maximum atomic E-state index is 11.4. The number of aromatic nitrogens is 1. The molecule has 1 amide bonds. The minimum absolute atomic E-state index is 0.406. The van der Waals surface area contributed by atoms with E-state index in [0.29, 0.717) is 11.7 Å². The number of anilines is 1. The van der Waals surface area contributed by atoms with Crippen molar-refractivity contribution in [2.75, 3.05) is 24.5 Å². The number of hydrogen-bond acceptors (Lipinski definition) is 3. The van der Waals surface area contributed by atoms with Crippen molar-refractivity contribution in [1.29, 1.82) is 0 Å². The number of hydrogen-bond donors (Lipinski definition) is 3. The van der Waals surface area contributed by atoms with Crippen LogP contribution in [0.25, 0.3) is 10.9 Å². The zero-order valence-corrected chi connectivity index (χ0v) is 14.0. The van der Waals surface area contributed by atoms with E-state index in [4.69, 9.17) is 5.73 Å². The number of carbonyl (C=O) groups excluding carboxylic acids is 1. The molecule has 5 heteroatoms. The third-order valence-corrected chi connectivity index (χ3v) is 4.87. The molecule has 3 aromatic rings. The molecule has 1 aliphatic rings. The van der Waals surface area contributed by atoms with Gasteiger partial charge in [0.2, 0.25) is 0 Å². The maximum Gasteiger partial charge on any atom is 0.265 e. The lowest BCUT2D eigenvalue weighted by Crippen LogP contribution is -2.52. The van der Waals surface area contributed by atoms with E-state index in [1.54, 1.807) is 0 Å². The Morgan fingerprint density at radius 1 is 1.16 bits per heavy atom. The fourth-order valence-corrected chi connectivity index (χ4v) is 3.60. The van der Waals surface area contributed by atoms with Gasteiger partial charge in [0.1, 0.15) is 5.69 Å². The summed E-state index contributed by atoms with van der Waals surface area (Å²) < 4.78 is 0. The van der Waals surface area contributed by atoms with Gasteiger partial charge in [0.05, 0.1) is 0 Å². The Morgan fingerprint density at radius 3 is 2.80 bits per heavy atom. The van der Waals surface area contributed by atoms with Crippen molar-refractivity contribution in [2.45, 2.75) is 12.5 Å². The molecule has 1 atom stereocenters. The summed E-state index contributed by atoms with van der Waals surface area (Å²) >= 11 is 0. The van der Waals surface area contributed by atoms with Gasteiger partial charge < -0.3 is 20.9 Å². The molecule has 1 fully saturated rings. The number of nitrogens with zero attached hydrogens (tertiary/aromatic N) is 1. The predicted molar refractivity (Wildman–Crippen MR) is 101 cm³/mol. The molecule has 2 heterocycles. The molecule has 2 aromatic carbocycles. The largest absolute Gasteiger partial charge is 0.366 e. The Hall–Kier alpha value is -2.79. The summed E-state index contributed by atoms with van der Waals surface area (Å²) in [5, 5.41) is 4.52. The molecule has 0 spiro atoms. The van der Waals surface area contributed by atoms with Crippen LogP contribution in [0, 0.1) is 0 Å². The van der Waals surface area contributed by atoms with Crippen LogP contribution in [0.15, 0.2) is 54.6 Å². The smallest absolute Gasteiger partial charge is 0.265 e. The van der Waals surface area contributed by atoms with E-state index in [1.165, 1.54) is 11.3 Å². The van der Waals surface area contributed by atoms with Crippen molar-refractivity contribution in [1.82, 2.24) is 10.3 Å². The number of amides is 1. The average molecular weight is 334 g/mol. The summed E-state index contributed by atoms with van der Waals surface area (Å²) in [6, 6.07) is 19.1. The van der Waals surface area contributed by atoms with Crippen LogP contribution < -0.4 is 16.0 Å². The first-order valence-electron chi connectivity index (χ1n) is 8.64. The van der Waals surface area contributed by atoms with Crippen LogP contribution in [0.2, 0.25) is 0 Å². The number of rotatable bonds is 4. The zero-order valence-electron chi connectivity index (χ0n) is 14.0. The number of nitrogens with one attached hydrogen (secondary N) is 2. The van der Waals surface area contributed by atoms with E-state index < -0.39 is 5.91 Å². The van der Waals surface area contributed by atoms with Crippen LogP contribution in [0.1, 0.15) is 16.1 Å². The number of fused-ring (bicyclic) bond motifs is 1. The molecule has 0 bridgehead atoms. The zero-order chi connectivity index (χ0) is 17.2. The van der Waals surface area contributed by atoms with Gasteiger partial charge in [-0.15, -0.1) is 0 Å². The molecule has 0 saturated carbocycles. The van der Waals surface area contributed by atoms with Crippen molar-refractivity contribution in [3.8, 4) is 0 Å². The highest BCUT2D eigenvalue weighted by Gasteiger charge is 2.23. The van der Waals surface area contributed by atoms with Crippen LogP contribution in [0.4, 0.5) is 5.69 Å². The predicted octanol–water partition coefficient (Wildman–Crippen LogP) is 2.29. The fraction of sp³-hybridized carbons (Fsp3) is 0.250. The van der Waals surface area contributed by atoms with Crippen molar-refractivity contribution in [2.24, 2.45) is 5.73 Å². The fourth-order valence-electron chi connectivity index (χ4n) is 3.60. The molecule has 4 N–H and O–H groups in total. The Bertz CT molecular complexity index is 887. The first-order valence-corrected chi connectivity index (χ1v) is 8.64. The highest BCUT2D eigenvalue weighted by atomic mass is 16.1. The first-order chi connectivity index (χ1) is 12.2. The normalized spacial score (nSPS) is 17.8. The van der Waals surface area contributed by atoms with Gasteiger partial charge in [-0.1, -0.05) is 30.3 Å². The van der Waals surface area contributed by atoms with Crippen molar-refractivity contribution in [3.05, 3.63) is 65.9 Å². The Kier molecular flexibility index (Phi) is 4.15. The topological polar surface area (TPSA) is 74.2 Å². The SMILES string of the molecule is NC(=O)c1cc2cc(N3CCNCC3Cc3ccccc3)ccc2[nH]1. The lowest BCUT2D eigenvalue weighted by Gasteiger charge is -2.38. The molecule has 1 aliphatic heterocycles. The molecule has 0 aliphatic carbocycles. The summed E-state index contributed by atoms with van der Waals surface area (Å²) in [6.45, 7) is 2.91. The van der Waals surface area contributed by atoms with E-state index in [2.05, 4.69) is 57.7 Å². The van der Waals surface area contributed by atoms with Crippen LogP contribution in [-0.4, -0.2) is 36.6 Å². The summed E-state index contributed by atoms with van der Waals surface area (Å²) in [5.74, 6) is -0.429. The van der Waals surface area contributed by atoms with E-state index in [9.17, 15) is 4.79 Å². The van der Waals surface area contributed by atoms with Gasteiger partial charge in [-0.25, -0.2) is 0 Å². The number of carbonyl (C=O) groups is 1. The van der Waals surface area contributed by atoms with Gasteiger partial charge in [0.25, 0.3) is 5.91 Å². The lowest BCUT2D eigenvalue weighted by atomic mass is 10.0. The van der Waals surface area contributed by atoms with Crippen LogP contribution >= 0.6 is 0 Å². The summed E-state index contributed by atoms with van der Waals surface area (Å²) in [4.78, 5) is 16.9. The van der Waals surface area contributed by atoms with Crippen molar-refractivity contribution < 1.29 is 4.79 Å². The van der Waals surface area contributed by atoms with Crippen LogP contribution in [-0.2, 0) is 6.42 Å². The third kappa shape index (κ3) is 3.23. The van der Waals surface area contributed by atoms with Gasteiger partial charge >= 0.3 is 0 Å². The van der Waals surface area contributed by atoms with E-state index in [1.807, 2.05) is 12.1 Å². The lowest BCUT2D eigenvalue weighted by molar-refractivity contribution is 0.0996. The molecule has 128 valence electrons. The Labute approximate surface area is 146 Å². The molecule has 5 nitrogen and oxygen atoms in total. The second kappa shape index (κ2) is 6.61. The minimum Gasteiger partial charge on any atom is -0.366 e. The number of H-pyrrole nitrogens is 1. The van der Waals surface area contributed by atoms with Crippen molar-refractivity contribution in [3.63, 3.8) is 0 Å². The van der Waals surface area contributed by atoms with E-state index >= 15 is 0 Å². The highest BCUT2D eigenvalue weighted by Crippen LogP contribution is 2.26. The Morgan fingerprint density at radius 2 is 2.00 bits per heavy atom. The highest BCUT2D eigenvalue weighted by molar-refractivity contribution is 5.97. The monoisotopic (exact) mass is 334 g/mol. The van der Waals surface area contributed by atoms with Gasteiger partial charge in [0, 0.05) is 42.3 Å². The minimum atomic E-state index is -0.429. The summed E-state index contributed by atoms with van der Waals surface area (Å²) in [7, 11) is 0. The number of piperazine rings is 1. The Balaban J connectivity index is 1.63. The van der Waals surface area contributed by atoms with Gasteiger partial charge in [-0.3, -0.25) is 4.79 Å². The molecule has 1 aromatic heterocycles.